The van der Waals surface area contributed by atoms with Crippen molar-refractivity contribution < 1.29 is 8.83 Å². The van der Waals surface area contributed by atoms with Gasteiger partial charge in [-0.05, 0) is 150 Å². The normalized spacial score (nSPS) is 14.4. The summed E-state index contributed by atoms with van der Waals surface area (Å²) < 4.78 is 12.7. The average Bonchev–Trinajstić information content (AvgIpc) is 4.00. The van der Waals surface area contributed by atoms with Gasteiger partial charge >= 0.3 is 0 Å². The molecule has 13 rings (SSSR count). The molecule has 2 aliphatic rings. The van der Waals surface area contributed by atoms with Crippen LogP contribution < -0.4 is 0 Å². The summed E-state index contributed by atoms with van der Waals surface area (Å²) in [6.45, 7) is 9.65. The third-order valence-electron chi connectivity index (χ3n) is 14.3. The summed E-state index contributed by atoms with van der Waals surface area (Å²) >= 11 is 0. The van der Waals surface area contributed by atoms with Crippen molar-refractivity contribution in [3.8, 4) is 66.8 Å². The lowest BCUT2D eigenvalue weighted by Crippen LogP contribution is -2.18. The molecule has 0 N–H and O–H groups in total. The van der Waals surface area contributed by atoms with Gasteiger partial charge in [-0.1, -0.05) is 149 Å². The predicted molar refractivity (Wildman–Crippen MR) is 258 cm³/mol. The molecule has 0 amide bonds. The smallest absolute Gasteiger partial charge is 0.135 e. The maximum atomic E-state index is 6.35. The van der Waals surface area contributed by atoms with Gasteiger partial charge in [0, 0.05) is 32.4 Å². The van der Waals surface area contributed by atoms with Crippen molar-refractivity contribution in [3.05, 3.63) is 204 Å². The lowest BCUT2D eigenvalue weighted by Gasteiger charge is -2.26. The van der Waals surface area contributed by atoms with E-state index < -0.39 is 0 Å². The highest BCUT2D eigenvalue weighted by Crippen LogP contribution is 2.59. The highest BCUT2D eigenvalue weighted by Gasteiger charge is 2.44. The van der Waals surface area contributed by atoms with Crippen molar-refractivity contribution in [2.24, 2.45) is 0 Å². The molecule has 2 aliphatic carbocycles. The summed E-state index contributed by atoms with van der Waals surface area (Å²) in [5.74, 6) is 0. The molecule has 2 heteroatoms. The minimum absolute atomic E-state index is 0.161. The molecule has 62 heavy (non-hydrogen) atoms. The van der Waals surface area contributed by atoms with E-state index in [-0.39, 0.29) is 10.8 Å². The van der Waals surface area contributed by atoms with Crippen LogP contribution in [-0.2, 0) is 10.8 Å². The van der Waals surface area contributed by atoms with Gasteiger partial charge in [-0.3, -0.25) is 0 Å². The molecule has 9 aromatic carbocycles. The maximum Gasteiger partial charge on any atom is 0.135 e. The lowest BCUT2D eigenvalue weighted by atomic mass is 9.77. The SMILES string of the molecule is CC1(C)c2cc(-c3ccc4oc5ccc(-c6ccccc6)cc5c4c3)ccc2-c2c1ccc1c2C(C)(C)c2cc(-c3ccc4oc5ccc(-c6ccccc6)cc5c4c3)ccc2-1. The Labute approximate surface area is 360 Å². The Morgan fingerprint density at radius 3 is 1.13 bits per heavy atom. The average molecular weight is 795 g/mol. The molecule has 0 fully saturated rings. The fraction of sp³-hybridized carbons (Fsp3) is 0.100. The molecule has 2 heterocycles. The highest BCUT2D eigenvalue weighted by molar-refractivity contribution is 6.09. The number of furan rings is 2. The molecular formula is C60H42O2. The second-order valence-corrected chi connectivity index (χ2v) is 18.5. The summed E-state index contributed by atoms with van der Waals surface area (Å²) in [5, 5.41) is 4.57. The highest BCUT2D eigenvalue weighted by atomic mass is 16.3. The zero-order valence-electron chi connectivity index (χ0n) is 35.1. The van der Waals surface area contributed by atoms with Crippen molar-refractivity contribution in [1.29, 1.82) is 0 Å². The third-order valence-corrected chi connectivity index (χ3v) is 14.3. The second-order valence-electron chi connectivity index (χ2n) is 18.5. The van der Waals surface area contributed by atoms with Gasteiger partial charge in [-0.25, -0.2) is 0 Å². The van der Waals surface area contributed by atoms with Crippen LogP contribution in [0.2, 0.25) is 0 Å². The van der Waals surface area contributed by atoms with Crippen molar-refractivity contribution in [3.63, 3.8) is 0 Å². The molecule has 0 saturated heterocycles. The van der Waals surface area contributed by atoms with Crippen LogP contribution in [0.25, 0.3) is 111 Å². The predicted octanol–water partition coefficient (Wildman–Crippen LogP) is 16.8. The number of benzene rings is 9. The lowest BCUT2D eigenvalue weighted by molar-refractivity contribution is 0.647. The molecule has 0 unspecified atom stereocenters. The van der Waals surface area contributed by atoms with E-state index in [0.29, 0.717) is 0 Å². The third kappa shape index (κ3) is 4.98. The molecule has 0 bridgehead atoms. The first-order valence-corrected chi connectivity index (χ1v) is 21.7. The van der Waals surface area contributed by atoms with Gasteiger partial charge in [0.15, 0.2) is 0 Å². The number of hydrogen-bond acceptors (Lipinski definition) is 2. The zero-order chi connectivity index (χ0) is 41.5. The summed E-state index contributed by atoms with van der Waals surface area (Å²) in [7, 11) is 0. The molecule has 0 spiro atoms. The molecule has 0 atom stereocenters. The van der Waals surface area contributed by atoms with Gasteiger partial charge in [0.25, 0.3) is 0 Å². The van der Waals surface area contributed by atoms with Crippen molar-refractivity contribution in [2.45, 2.75) is 38.5 Å². The van der Waals surface area contributed by atoms with E-state index in [1.165, 1.54) is 89.0 Å². The van der Waals surface area contributed by atoms with E-state index >= 15 is 0 Å². The zero-order valence-corrected chi connectivity index (χ0v) is 35.1. The van der Waals surface area contributed by atoms with Crippen LogP contribution in [0.3, 0.4) is 0 Å². The van der Waals surface area contributed by atoms with Crippen LogP contribution >= 0.6 is 0 Å². The van der Waals surface area contributed by atoms with Gasteiger partial charge in [0.2, 0.25) is 0 Å². The molecule has 11 aromatic rings. The van der Waals surface area contributed by atoms with E-state index in [1.54, 1.807) is 0 Å². The molecule has 2 aromatic heterocycles. The van der Waals surface area contributed by atoms with Gasteiger partial charge in [-0.2, -0.15) is 0 Å². The molecular weight excluding hydrogens is 753 g/mol. The van der Waals surface area contributed by atoms with Crippen LogP contribution in [0.15, 0.2) is 191 Å². The van der Waals surface area contributed by atoms with E-state index in [4.69, 9.17) is 8.83 Å². The Morgan fingerprint density at radius 2 is 0.661 bits per heavy atom. The quantitative estimate of drug-likeness (QED) is 0.177. The fourth-order valence-electron chi connectivity index (χ4n) is 11.0. The van der Waals surface area contributed by atoms with Crippen LogP contribution in [0, 0.1) is 0 Å². The largest absolute Gasteiger partial charge is 0.456 e. The van der Waals surface area contributed by atoms with Crippen molar-refractivity contribution in [2.75, 3.05) is 0 Å². The first-order chi connectivity index (χ1) is 30.2. The van der Waals surface area contributed by atoms with Gasteiger partial charge in [0.05, 0.1) is 0 Å². The Hall–Kier alpha value is -7.42. The van der Waals surface area contributed by atoms with E-state index in [0.717, 1.165) is 43.9 Å². The standard InChI is InChI=1S/C60H42O2/c1-59(2)50-24-23-44-43-21-15-41(39-19-27-55-48(31-39)46-29-37(17-25-53(46)61-55)35-11-7-5-8-12-35)33-51(43)60(3,4)58(44)57(50)45-22-16-42(34-52(45)59)40-20-28-56-49(32-40)47-30-38(18-26-54(47)62-56)36-13-9-6-10-14-36/h5-34H,1-4H3. The minimum atomic E-state index is -0.203. The fourth-order valence-corrected chi connectivity index (χ4v) is 11.0. The van der Waals surface area contributed by atoms with Crippen LogP contribution in [0.5, 0.6) is 0 Å². The Morgan fingerprint density at radius 1 is 0.290 bits per heavy atom. The molecule has 2 nitrogen and oxygen atoms in total. The van der Waals surface area contributed by atoms with Crippen molar-refractivity contribution in [1.82, 2.24) is 0 Å². The summed E-state index contributed by atoms with van der Waals surface area (Å²) in [4.78, 5) is 0. The first-order valence-electron chi connectivity index (χ1n) is 21.7. The molecule has 0 radical (unpaired) electrons. The second kappa shape index (κ2) is 12.6. The Bertz CT molecular complexity index is 3670. The molecule has 0 saturated carbocycles. The van der Waals surface area contributed by atoms with Crippen molar-refractivity contribution >= 4 is 43.9 Å². The van der Waals surface area contributed by atoms with Gasteiger partial charge in [-0.15, -0.1) is 0 Å². The van der Waals surface area contributed by atoms with E-state index in [2.05, 4.69) is 210 Å². The summed E-state index contributed by atoms with van der Waals surface area (Å²) in [6.07, 6.45) is 0. The topological polar surface area (TPSA) is 26.3 Å². The number of hydrogen-bond donors (Lipinski definition) is 0. The minimum Gasteiger partial charge on any atom is -0.456 e. The summed E-state index contributed by atoms with van der Waals surface area (Å²) in [6, 6.07) is 66.6. The first kappa shape index (κ1) is 35.3. The van der Waals surface area contributed by atoms with Crippen LogP contribution in [-0.4, -0.2) is 0 Å². The van der Waals surface area contributed by atoms with E-state index in [9.17, 15) is 0 Å². The Balaban J connectivity index is 0.885. The monoisotopic (exact) mass is 794 g/mol. The maximum absolute atomic E-state index is 6.35. The molecule has 294 valence electrons. The van der Waals surface area contributed by atoms with Gasteiger partial charge in [0.1, 0.15) is 22.3 Å². The Kier molecular flexibility index (Phi) is 7.16. The van der Waals surface area contributed by atoms with Crippen LogP contribution in [0.1, 0.15) is 49.9 Å². The van der Waals surface area contributed by atoms with Crippen LogP contribution in [0.4, 0.5) is 0 Å². The van der Waals surface area contributed by atoms with E-state index in [1.807, 2.05) is 0 Å². The molecule has 0 aliphatic heterocycles. The number of fused-ring (bicyclic) bond motifs is 13. The summed E-state index contributed by atoms with van der Waals surface area (Å²) in [5.41, 5.74) is 24.0. The number of rotatable bonds is 4. The van der Waals surface area contributed by atoms with Gasteiger partial charge < -0.3 is 8.83 Å².